The average Bonchev–Trinajstić information content (AvgIpc) is 2.56. The lowest BCUT2D eigenvalue weighted by atomic mass is 10.2. The lowest BCUT2D eigenvalue weighted by Crippen LogP contribution is -2.09. The molecule has 0 unspecified atom stereocenters. The van der Waals surface area contributed by atoms with Crippen LogP contribution in [0.15, 0.2) is 42.5 Å². The number of carbonyl (C=O) groups excluding carboxylic acids is 1. The number of anilines is 1. The highest BCUT2D eigenvalue weighted by Crippen LogP contribution is 2.29. The summed E-state index contributed by atoms with van der Waals surface area (Å²) in [5.41, 5.74) is 0.901. The Labute approximate surface area is 147 Å². The summed E-state index contributed by atoms with van der Waals surface area (Å²) in [6.45, 7) is 0. The van der Waals surface area contributed by atoms with Gasteiger partial charge >= 0.3 is 0 Å². The van der Waals surface area contributed by atoms with Crippen LogP contribution in [0.1, 0.15) is 5.56 Å². The molecule has 0 bridgehead atoms. The lowest BCUT2D eigenvalue weighted by Gasteiger charge is -2.08. The first-order valence-electron chi connectivity index (χ1n) is 6.67. The Hall–Kier alpha value is -2.57. The molecule has 2 rings (SSSR count). The highest BCUT2D eigenvalue weighted by Gasteiger charge is 2.12. The number of rotatable bonds is 5. The summed E-state index contributed by atoms with van der Waals surface area (Å²) in [4.78, 5) is 22.2. The van der Waals surface area contributed by atoms with Gasteiger partial charge in [0.05, 0.1) is 33.8 Å². The van der Waals surface area contributed by atoms with Gasteiger partial charge in [-0.1, -0.05) is 29.3 Å². The van der Waals surface area contributed by atoms with Crippen LogP contribution in [0.5, 0.6) is 5.75 Å². The summed E-state index contributed by atoms with van der Waals surface area (Å²) in [6.07, 6.45) is 2.87. The number of hydrogen-bond donors (Lipinski definition) is 1. The smallest absolute Gasteiger partial charge is 0.273 e. The fraction of sp³-hybridized carbons (Fsp3) is 0.0625. The minimum absolute atomic E-state index is 0.129. The van der Waals surface area contributed by atoms with E-state index in [9.17, 15) is 14.9 Å². The molecular weight excluding hydrogens is 355 g/mol. The normalized spacial score (nSPS) is 10.6. The van der Waals surface area contributed by atoms with E-state index in [2.05, 4.69) is 5.32 Å². The molecule has 0 saturated heterocycles. The van der Waals surface area contributed by atoms with Crippen molar-refractivity contribution in [3.63, 3.8) is 0 Å². The van der Waals surface area contributed by atoms with Gasteiger partial charge in [-0.05, 0) is 29.8 Å². The van der Waals surface area contributed by atoms with Crippen LogP contribution in [0.4, 0.5) is 11.4 Å². The molecule has 0 saturated carbocycles. The molecule has 2 aromatic rings. The largest absolute Gasteiger partial charge is 0.494 e. The molecule has 0 fully saturated rings. The van der Waals surface area contributed by atoms with Gasteiger partial charge in [0.1, 0.15) is 5.75 Å². The molecule has 6 nitrogen and oxygen atoms in total. The van der Waals surface area contributed by atoms with Crippen molar-refractivity contribution in [1.29, 1.82) is 0 Å². The van der Waals surface area contributed by atoms with Crippen LogP contribution >= 0.6 is 23.2 Å². The molecule has 0 aliphatic heterocycles. The number of nitro benzene ring substituents is 1. The van der Waals surface area contributed by atoms with Crippen molar-refractivity contribution in [2.45, 2.75) is 0 Å². The maximum absolute atomic E-state index is 12.0. The molecule has 0 aromatic heterocycles. The number of carbonyl (C=O) groups is 1. The van der Waals surface area contributed by atoms with Crippen molar-refractivity contribution in [3.05, 3.63) is 68.2 Å². The number of nitrogens with zero attached hydrogens (tertiary/aromatic N) is 1. The first kappa shape index (κ1) is 17.8. The number of methoxy groups -OCH3 is 1. The summed E-state index contributed by atoms with van der Waals surface area (Å²) in [5.74, 6) is -0.228. The SMILES string of the molecule is COc1cc([N+](=O)[O-])ccc1NC(=O)/C=C/c1ccc(Cl)c(Cl)c1. The number of amides is 1. The molecule has 2 aromatic carbocycles. The number of ether oxygens (including phenoxy) is 1. The molecule has 0 spiro atoms. The van der Waals surface area contributed by atoms with Crippen LogP contribution in [0.3, 0.4) is 0 Å². The minimum atomic E-state index is -0.543. The molecule has 24 heavy (non-hydrogen) atoms. The van der Waals surface area contributed by atoms with Gasteiger partial charge in [-0.15, -0.1) is 0 Å². The molecule has 0 aliphatic rings. The van der Waals surface area contributed by atoms with E-state index in [4.69, 9.17) is 27.9 Å². The van der Waals surface area contributed by atoms with Crippen LogP contribution in [-0.4, -0.2) is 17.9 Å². The predicted octanol–water partition coefficient (Wildman–Crippen LogP) is 4.56. The molecule has 1 N–H and O–H groups in total. The van der Waals surface area contributed by atoms with Crippen molar-refractivity contribution in [1.82, 2.24) is 0 Å². The zero-order valence-corrected chi connectivity index (χ0v) is 14.0. The number of hydrogen-bond acceptors (Lipinski definition) is 4. The Morgan fingerprint density at radius 3 is 2.58 bits per heavy atom. The van der Waals surface area contributed by atoms with Crippen molar-refractivity contribution in [2.75, 3.05) is 12.4 Å². The van der Waals surface area contributed by atoms with E-state index in [1.54, 1.807) is 24.3 Å². The van der Waals surface area contributed by atoms with Gasteiger partial charge in [-0.25, -0.2) is 0 Å². The van der Waals surface area contributed by atoms with Gasteiger partial charge < -0.3 is 10.1 Å². The first-order chi connectivity index (χ1) is 11.4. The number of halogens is 2. The highest BCUT2D eigenvalue weighted by molar-refractivity contribution is 6.42. The third kappa shape index (κ3) is 4.47. The first-order valence-corrected chi connectivity index (χ1v) is 7.43. The van der Waals surface area contributed by atoms with Gasteiger partial charge in [0.2, 0.25) is 5.91 Å². The summed E-state index contributed by atoms with van der Waals surface area (Å²) in [5, 5.41) is 14.1. The maximum atomic E-state index is 12.0. The molecule has 0 radical (unpaired) electrons. The topological polar surface area (TPSA) is 81.5 Å². The van der Waals surface area contributed by atoms with Crippen LogP contribution in [0.2, 0.25) is 10.0 Å². The van der Waals surface area contributed by atoms with Gasteiger partial charge in [-0.3, -0.25) is 14.9 Å². The summed E-state index contributed by atoms with van der Waals surface area (Å²) >= 11 is 11.7. The van der Waals surface area contributed by atoms with Crippen molar-refractivity contribution < 1.29 is 14.5 Å². The Morgan fingerprint density at radius 1 is 1.21 bits per heavy atom. The molecular formula is C16H12Cl2N2O4. The number of nitrogens with one attached hydrogen (secondary N) is 1. The second-order valence-corrected chi connectivity index (χ2v) is 5.45. The zero-order valence-electron chi connectivity index (χ0n) is 12.5. The average molecular weight is 367 g/mol. The summed E-state index contributed by atoms with van der Waals surface area (Å²) < 4.78 is 5.05. The fourth-order valence-electron chi connectivity index (χ4n) is 1.86. The third-order valence-corrected chi connectivity index (χ3v) is 3.76. The standard InChI is InChI=1S/C16H12Cl2N2O4/c1-24-15-9-11(20(22)23)4-6-14(15)19-16(21)7-3-10-2-5-12(17)13(18)8-10/h2-9H,1H3,(H,19,21)/b7-3+. The second-order valence-electron chi connectivity index (χ2n) is 4.64. The molecule has 0 atom stereocenters. The molecule has 124 valence electrons. The van der Waals surface area contributed by atoms with Gasteiger partial charge in [0.25, 0.3) is 5.69 Å². The predicted molar refractivity (Wildman–Crippen MR) is 93.8 cm³/mol. The Morgan fingerprint density at radius 2 is 1.96 bits per heavy atom. The highest BCUT2D eigenvalue weighted by atomic mass is 35.5. The fourth-order valence-corrected chi connectivity index (χ4v) is 2.17. The van der Waals surface area contributed by atoms with E-state index < -0.39 is 10.8 Å². The van der Waals surface area contributed by atoms with E-state index in [-0.39, 0.29) is 11.4 Å². The Balaban J connectivity index is 2.13. The van der Waals surface area contributed by atoms with Crippen LogP contribution in [0.25, 0.3) is 6.08 Å². The van der Waals surface area contributed by atoms with E-state index in [1.807, 2.05) is 0 Å². The quantitative estimate of drug-likeness (QED) is 0.477. The molecule has 1 amide bonds. The Bertz CT molecular complexity index is 822. The molecule has 0 heterocycles. The third-order valence-electron chi connectivity index (χ3n) is 3.02. The van der Waals surface area contributed by atoms with Crippen LogP contribution in [0, 0.1) is 10.1 Å². The number of benzene rings is 2. The van der Waals surface area contributed by atoms with Gasteiger partial charge in [0.15, 0.2) is 0 Å². The van der Waals surface area contributed by atoms with Crippen molar-refractivity contribution in [3.8, 4) is 5.75 Å². The number of nitro groups is 1. The minimum Gasteiger partial charge on any atom is -0.494 e. The van der Waals surface area contributed by atoms with E-state index >= 15 is 0 Å². The van der Waals surface area contributed by atoms with Crippen LogP contribution in [-0.2, 0) is 4.79 Å². The zero-order chi connectivity index (χ0) is 17.7. The number of non-ortho nitro benzene ring substituents is 1. The van der Waals surface area contributed by atoms with E-state index in [1.165, 1.54) is 31.4 Å². The monoisotopic (exact) mass is 366 g/mol. The van der Waals surface area contributed by atoms with Crippen molar-refractivity contribution in [2.24, 2.45) is 0 Å². The van der Waals surface area contributed by atoms with Crippen LogP contribution < -0.4 is 10.1 Å². The maximum Gasteiger partial charge on any atom is 0.273 e. The summed E-state index contributed by atoms with van der Waals surface area (Å²) in [6, 6.07) is 8.88. The van der Waals surface area contributed by atoms with Crippen molar-refractivity contribution >= 4 is 46.6 Å². The molecule has 0 aliphatic carbocycles. The second kappa shape index (κ2) is 7.81. The van der Waals surface area contributed by atoms with E-state index in [0.717, 1.165) is 0 Å². The summed E-state index contributed by atoms with van der Waals surface area (Å²) in [7, 11) is 1.36. The Kier molecular flexibility index (Phi) is 5.78. The lowest BCUT2D eigenvalue weighted by molar-refractivity contribution is -0.384. The van der Waals surface area contributed by atoms with Gasteiger partial charge in [-0.2, -0.15) is 0 Å². The van der Waals surface area contributed by atoms with Gasteiger partial charge in [0, 0.05) is 12.1 Å². The molecule has 8 heteroatoms. The van der Waals surface area contributed by atoms with E-state index in [0.29, 0.717) is 21.3 Å².